The molecule has 0 aromatic rings. The van der Waals surface area contributed by atoms with Crippen molar-refractivity contribution < 1.29 is 5.72 Å². The summed E-state index contributed by atoms with van der Waals surface area (Å²) in [5.74, 6) is 2.49. The summed E-state index contributed by atoms with van der Waals surface area (Å²) in [6.45, 7) is 0. The molecule has 0 N–H and O–H groups in total. The van der Waals surface area contributed by atoms with Gasteiger partial charge in [-0.1, -0.05) is 0 Å². The maximum absolute atomic E-state index is 12.7. The third kappa shape index (κ3) is 1.59. The van der Waals surface area contributed by atoms with Gasteiger partial charge < -0.3 is 0 Å². The molecule has 3 heteroatoms. The molecule has 4 fully saturated rings. The molecule has 4 saturated carbocycles. The number of rotatable bonds is 2. The molecule has 0 heterocycles. The van der Waals surface area contributed by atoms with Crippen LogP contribution in [0.5, 0.6) is 0 Å². The number of hydrogen-bond acceptors (Lipinski definition) is 0. The van der Waals surface area contributed by atoms with E-state index >= 15 is 0 Å². The average Bonchev–Trinajstić information content (AvgIpc) is 1.96. The van der Waals surface area contributed by atoms with Crippen LogP contribution in [0.4, 0.5) is 5.72 Å². The molecule has 0 atom stereocenters. The summed E-state index contributed by atoms with van der Waals surface area (Å²) in [5.41, 5.74) is 0.142. The van der Waals surface area contributed by atoms with Crippen LogP contribution in [-0.2, 0) is 0 Å². The first-order valence-electron chi connectivity index (χ1n) is 5.64. The van der Waals surface area contributed by atoms with Gasteiger partial charge in [0.15, 0.2) is 0 Å². The Labute approximate surface area is 92.8 Å². The molecular weight excluding hydrogens is 297 g/mol. The van der Waals surface area contributed by atoms with Crippen molar-refractivity contribution in [2.75, 3.05) is 4.43 Å². The van der Waals surface area contributed by atoms with Crippen molar-refractivity contribution in [3.8, 4) is 0 Å². The Morgan fingerprint density at radius 2 is 1.36 bits per heavy atom. The molecule has 4 aliphatic rings. The molecule has 0 radical (unpaired) electrons. The molecule has 0 aromatic heterocycles. The third-order valence-electron chi connectivity index (χ3n) is 4.55. The maximum atomic E-state index is 12.7. The predicted molar refractivity (Wildman–Crippen MR) is 61.7 cm³/mol. The predicted octanol–water partition coefficient (Wildman–Crippen LogP) is 4.48. The summed E-state index contributed by atoms with van der Waals surface area (Å²) >= 11 is -3.49. The Morgan fingerprint density at radius 1 is 0.929 bits per heavy atom. The number of hydrogen-bond donors (Lipinski definition) is 0. The van der Waals surface area contributed by atoms with Gasteiger partial charge in [0, 0.05) is 0 Å². The topological polar surface area (TPSA) is 0 Å². The third-order valence-corrected chi connectivity index (χ3v) is 6.74. The Morgan fingerprint density at radius 3 is 1.71 bits per heavy atom. The normalized spacial score (nSPS) is 51.0. The fourth-order valence-corrected chi connectivity index (χ4v) is 6.83. The average molecular weight is 314 g/mol. The molecule has 0 unspecified atom stereocenters. The zero-order chi connectivity index (χ0) is 9.76. The molecule has 0 nitrogen and oxygen atoms in total. The molecule has 0 spiro atoms. The van der Waals surface area contributed by atoms with Crippen LogP contribution in [0.15, 0.2) is 0 Å². The second-order valence-corrected chi connectivity index (χ2v) is 8.03. The summed E-state index contributed by atoms with van der Waals surface area (Å²) in [5, 5.41) is 0. The van der Waals surface area contributed by atoms with Crippen molar-refractivity contribution in [3.63, 3.8) is 0 Å². The molecule has 0 amide bonds. The minimum absolute atomic E-state index is 0.142. The quantitative estimate of drug-likeness (QED) is 0.521. The first-order chi connectivity index (χ1) is 6.65. The van der Waals surface area contributed by atoms with E-state index in [-0.39, 0.29) is 5.41 Å². The zero-order valence-electron chi connectivity index (χ0n) is 8.32. The SMILES string of the molecule is FI(F)CC12CC3CC(CC(C3)C1)C2. The Bertz CT molecular complexity index is 198. The van der Waals surface area contributed by atoms with Crippen molar-refractivity contribution in [3.05, 3.63) is 0 Å². The molecule has 0 aliphatic heterocycles. The van der Waals surface area contributed by atoms with Gasteiger partial charge in [-0.05, 0) is 0 Å². The second kappa shape index (κ2) is 3.29. The van der Waals surface area contributed by atoms with E-state index in [9.17, 15) is 5.72 Å². The standard InChI is InChI=1S/C11H17F2I/c12-14(13)7-11-4-8-1-9(5-11)3-10(2-8)6-11/h8-10H,1-7H2. The molecule has 4 rings (SSSR count). The van der Waals surface area contributed by atoms with E-state index in [0.717, 1.165) is 37.0 Å². The Kier molecular flexibility index (Phi) is 2.30. The van der Waals surface area contributed by atoms with E-state index < -0.39 is 21.0 Å². The molecule has 0 aromatic carbocycles. The molecule has 4 aliphatic carbocycles. The van der Waals surface area contributed by atoms with Crippen LogP contribution in [0, 0.1) is 23.2 Å². The van der Waals surface area contributed by atoms with Crippen LogP contribution in [0.1, 0.15) is 38.5 Å². The molecule has 4 bridgehead atoms. The molecule has 0 saturated heterocycles. The molecular formula is C11H17F2I. The summed E-state index contributed by atoms with van der Waals surface area (Å²) in [6.07, 6.45) is 7.56. The van der Waals surface area contributed by atoms with E-state index in [2.05, 4.69) is 0 Å². The van der Waals surface area contributed by atoms with Gasteiger partial charge in [-0.25, -0.2) is 0 Å². The van der Waals surface area contributed by atoms with Gasteiger partial charge in [-0.15, -0.1) is 0 Å². The fraction of sp³-hybridized carbons (Fsp3) is 1.00. The van der Waals surface area contributed by atoms with Crippen LogP contribution in [0.2, 0.25) is 0 Å². The van der Waals surface area contributed by atoms with Crippen molar-refractivity contribution >= 4 is 21.0 Å². The summed E-state index contributed by atoms with van der Waals surface area (Å²) in [4.78, 5) is 0. The minimum atomic E-state index is -3.49. The molecule has 82 valence electrons. The van der Waals surface area contributed by atoms with Crippen LogP contribution in [-0.4, -0.2) is 4.43 Å². The Hall–Kier alpha value is 0.590. The van der Waals surface area contributed by atoms with E-state index in [1.54, 1.807) is 0 Å². The summed E-state index contributed by atoms with van der Waals surface area (Å²) in [6, 6.07) is 0. The summed E-state index contributed by atoms with van der Waals surface area (Å²) in [7, 11) is 0. The van der Waals surface area contributed by atoms with Crippen LogP contribution in [0.3, 0.4) is 0 Å². The van der Waals surface area contributed by atoms with Crippen LogP contribution in [0.25, 0.3) is 0 Å². The van der Waals surface area contributed by atoms with Gasteiger partial charge in [0.1, 0.15) is 0 Å². The summed E-state index contributed by atoms with van der Waals surface area (Å²) < 4.78 is 25.7. The van der Waals surface area contributed by atoms with Crippen LogP contribution >= 0.6 is 21.0 Å². The van der Waals surface area contributed by atoms with Crippen molar-refractivity contribution in [1.82, 2.24) is 0 Å². The van der Waals surface area contributed by atoms with Crippen molar-refractivity contribution in [2.24, 2.45) is 23.2 Å². The second-order valence-electron chi connectivity index (χ2n) is 5.81. The Balaban J connectivity index is 1.80. The van der Waals surface area contributed by atoms with E-state index in [4.69, 9.17) is 0 Å². The van der Waals surface area contributed by atoms with Gasteiger partial charge in [0.2, 0.25) is 0 Å². The van der Waals surface area contributed by atoms with Gasteiger partial charge in [-0.3, -0.25) is 0 Å². The molecule has 14 heavy (non-hydrogen) atoms. The monoisotopic (exact) mass is 314 g/mol. The first-order valence-corrected chi connectivity index (χ1v) is 8.80. The zero-order valence-corrected chi connectivity index (χ0v) is 10.5. The van der Waals surface area contributed by atoms with Gasteiger partial charge in [0.05, 0.1) is 0 Å². The van der Waals surface area contributed by atoms with Gasteiger partial charge in [0.25, 0.3) is 0 Å². The van der Waals surface area contributed by atoms with Crippen molar-refractivity contribution in [2.45, 2.75) is 38.5 Å². The van der Waals surface area contributed by atoms with Gasteiger partial charge >= 0.3 is 92.8 Å². The van der Waals surface area contributed by atoms with Crippen LogP contribution < -0.4 is 0 Å². The fourth-order valence-electron chi connectivity index (χ4n) is 4.67. The van der Waals surface area contributed by atoms with E-state index in [0.29, 0.717) is 4.43 Å². The number of halogens is 3. The number of alkyl halides is 1. The first kappa shape index (κ1) is 9.79. The van der Waals surface area contributed by atoms with E-state index in [1.807, 2.05) is 0 Å². The van der Waals surface area contributed by atoms with Crippen molar-refractivity contribution in [1.29, 1.82) is 0 Å². The van der Waals surface area contributed by atoms with Gasteiger partial charge in [-0.2, -0.15) is 0 Å². The van der Waals surface area contributed by atoms with E-state index in [1.165, 1.54) is 19.3 Å².